The quantitative estimate of drug-likeness (QED) is 0.478. The van der Waals surface area contributed by atoms with Crippen molar-refractivity contribution in [1.29, 1.82) is 0 Å². The average molecular weight is 411 g/mol. The van der Waals surface area contributed by atoms with Crippen LogP contribution in [0.1, 0.15) is 31.5 Å². The molecular weight excluding hydrogens is 390 g/mol. The van der Waals surface area contributed by atoms with E-state index in [0.717, 1.165) is 0 Å². The molecule has 0 amide bonds. The Kier molecular flexibility index (Phi) is 6.47. The molecule has 1 aliphatic heterocycles. The van der Waals surface area contributed by atoms with Gasteiger partial charge in [0.2, 0.25) is 10.0 Å². The van der Waals surface area contributed by atoms with Gasteiger partial charge in [0.1, 0.15) is 13.2 Å². The molecule has 3 rings (SSSR count). The van der Waals surface area contributed by atoms with Crippen LogP contribution in [0, 0.1) is 0 Å². The van der Waals surface area contributed by atoms with Crippen LogP contribution in [0.4, 0.5) is 0 Å². The van der Waals surface area contributed by atoms with Gasteiger partial charge in [-0.25, -0.2) is 13.1 Å². The third kappa shape index (κ3) is 5.20. The van der Waals surface area contributed by atoms with Crippen molar-refractivity contribution in [3.63, 3.8) is 0 Å². The second-order valence-electron chi connectivity index (χ2n) is 5.93. The van der Waals surface area contributed by atoms with Gasteiger partial charge >= 0.3 is 5.97 Å². The lowest BCUT2D eigenvalue weighted by Crippen LogP contribution is -2.25. The number of benzene rings is 1. The number of aromatic nitrogens is 2. The fourth-order valence-electron chi connectivity index (χ4n) is 2.42. The summed E-state index contributed by atoms with van der Waals surface area (Å²) in [6.45, 7) is 2.67. The number of esters is 1. The number of nitrogens with zero attached hydrogens (tertiary/aromatic N) is 2. The van der Waals surface area contributed by atoms with Gasteiger partial charge in [-0.1, -0.05) is 12.1 Å². The normalized spacial score (nSPS) is 13.3. The highest BCUT2D eigenvalue weighted by Gasteiger charge is 2.19. The highest BCUT2D eigenvalue weighted by Crippen LogP contribution is 2.32. The van der Waals surface area contributed by atoms with Crippen LogP contribution >= 0.6 is 0 Å². The van der Waals surface area contributed by atoms with Crippen LogP contribution in [0.2, 0.25) is 0 Å². The summed E-state index contributed by atoms with van der Waals surface area (Å²) in [5.41, 5.74) is 0. The molecule has 0 fully saturated rings. The van der Waals surface area contributed by atoms with Crippen molar-refractivity contribution in [3.8, 4) is 11.5 Å². The van der Waals surface area contributed by atoms with Crippen LogP contribution in [-0.4, -0.2) is 44.3 Å². The lowest BCUT2D eigenvalue weighted by atomic mass is 10.3. The predicted octanol–water partition coefficient (Wildman–Crippen LogP) is 1.21. The Labute approximate surface area is 162 Å². The van der Waals surface area contributed by atoms with Crippen LogP contribution in [0.5, 0.6) is 11.5 Å². The lowest BCUT2D eigenvalue weighted by Gasteiger charge is -2.18. The van der Waals surface area contributed by atoms with E-state index in [1.165, 1.54) is 12.1 Å². The first kappa shape index (κ1) is 20.1. The Balaban J connectivity index is 1.42. The van der Waals surface area contributed by atoms with Gasteiger partial charge in [0, 0.05) is 25.5 Å². The monoisotopic (exact) mass is 411 g/mol. The third-order valence-corrected chi connectivity index (χ3v) is 5.32. The van der Waals surface area contributed by atoms with Gasteiger partial charge in [0.25, 0.3) is 5.89 Å². The molecule has 0 spiro atoms. The average Bonchev–Trinajstić information content (AvgIpc) is 3.17. The summed E-state index contributed by atoms with van der Waals surface area (Å²) in [4.78, 5) is 15.8. The molecule has 10 nitrogen and oxygen atoms in total. The lowest BCUT2D eigenvalue weighted by molar-refractivity contribution is -0.145. The Morgan fingerprint density at radius 3 is 2.79 bits per heavy atom. The Hall–Kier alpha value is -2.66. The second-order valence-corrected chi connectivity index (χ2v) is 7.69. The molecule has 0 aliphatic carbocycles. The number of carbonyl (C=O) groups is 1. The minimum Gasteiger partial charge on any atom is -0.486 e. The first-order valence-corrected chi connectivity index (χ1v) is 10.3. The molecule has 0 bridgehead atoms. The van der Waals surface area contributed by atoms with Gasteiger partial charge in [0.05, 0.1) is 4.90 Å². The van der Waals surface area contributed by atoms with E-state index in [2.05, 4.69) is 14.9 Å². The Bertz CT molecular complexity index is 927. The van der Waals surface area contributed by atoms with Crippen LogP contribution in [-0.2, 0) is 32.6 Å². The zero-order valence-electron chi connectivity index (χ0n) is 15.3. The molecule has 28 heavy (non-hydrogen) atoms. The summed E-state index contributed by atoms with van der Waals surface area (Å²) < 4.78 is 47.9. The maximum absolute atomic E-state index is 12.4. The molecule has 0 atom stereocenters. The topological polar surface area (TPSA) is 130 Å². The van der Waals surface area contributed by atoms with E-state index in [-0.39, 0.29) is 36.8 Å². The SMILES string of the molecule is CCc1noc(COC(=O)CCCNS(=O)(=O)c2ccc3c(c2)OCCO3)n1. The first-order valence-electron chi connectivity index (χ1n) is 8.84. The van der Waals surface area contributed by atoms with E-state index >= 15 is 0 Å². The molecule has 1 aliphatic rings. The number of hydrogen-bond donors (Lipinski definition) is 1. The zero-order valence-corrected chi connectivity index (χ0v) is 16.2. The summed E-state index contributed by atoms with van der Waals surface area (Å²) in [6.07, 6.45) is 0.964. The number of carbonyl (C=O) groups excluding carboxylic acids is 1. The summed E-state index contributed by atoms with van der Waals surface area (Å²) in [7, 11) is -3.72. The van der Waals surface area contributed by atoms with Gasteiger partial charge in [-0.15, -0.1) is 0 Å². The van der Waals surface area contributed by atoms with Crippen molar-refractivity contribution in [2.45, 2.75) is 37.7 Å². The molecule has 152 valence electrons. The molecule has 0 saturated heterocycles. The minimum atomic E-state index is -3.72. The second kappa shape index (κ2) is 9.02. The van der Waals surface area contributed by atoms with E-state index < -0.39 is 16.0 Å². The van der Waals surface area contributed by atoms with E-state index in [9.17, 15) is 13.2 Å². The van der Waals surface area contributed by atoms with Crippen molar-refractivity contribution >= 4 is 16.0 Å². The molecular formula is C17H21N3O7S. The minimum absolute atomic E-state index is 0.0540. The number of nitrogens with one attached hydrogen (secondary N) is 1. The largest absolute Gasteiger partial charge is 0.486 e. The summed E-state index contributed by atoms with van der Waals surface area (Å²) in [6, 6.07) is 4.42. The molecule has 0 unspecified atom stereocenters. The summed E-state index contributed by atoms with van der Waals surface area (Å²) in [5.74, 6) is 1.20. The smallest absolute Gasteiger partial charge is 0.306 e. The van der Waals surface area contributed by atoms with Gasteiger partial charge in [-0.3, -0.25) is 4.79 Å². The van der Waals surface area contributed by atoms with Crippen LogP contribution in [0.25, 0.3) is 0 Å². The maximum Gasteiger partial charge on any atom is 0.306 e. The molecule has 1 aromatic carbocycles. The van der Waals surface area contributed by atoms with Crippen molar-refractivity contribution in [2.24, 2.45) is 0 Å². The van der Waals surface area contributed by atoms with Crippen LogP contribution in [0.3, 0.4) is 0 Å². The van der Waals surface area contributed by atoms with Crippen LogP contribution < -0.4 is 14.2 Å². The molecule has 0 saturated carbocycles. The van der Waals surface area contributed by atoms with E-state index in [1.54, 1.807) is 6.07 Å². The maximum atomic E-state index is 12.4. The highest BCUT2D eigenvalue weighted by molar-refractivity contribution is 7.89. The van der Waals surface area contributed by atoms with Crippen molar-refractivity contribution in [1.82, 2.24) is 14.9 Å². The first-order chi connectivity index (χ1) is 13.5. The zero-order chi connectivity index (χ0) is 20.0. The molecule has 0 radical (unpaired) electrons. The summed E-state index contributed by atoms with van der Waals surface area (Å²) >= 11 is 0. The highest BCUT2D eigenvalue weighted by atomic mass is 32.2. The Morgan fingerprint density at radius 2 is 2.04 bits per heavy atom. The van der Waals surface area contributed by atoms with E-state index in [4.69, 9.17) is 18.7 Å². The van der Waals surface area contributed by atoms with Gasteiger partial charge in [0.15, 0.2) is 23.9 Å². The van der Waals surface area contributed by atoms with Gasteiger partial charge in [-0.2, -0.15) is 4.98 Å². The number of ether oxygens (including phenoxy) is 3. The van der Waals surface area contributed by atoms with E-state index in [0.29, 0.717) is 37.0 Å². The van der Waals surface area contributed by atoms with Crippen LogP contribution in [0.15, 0.2) is 27.6 Å². The third-order valence-electron chi connectivity index (χ3n) is 3.86. The van der Waals surface area contributed by atoms with Crippen molar-refractivity contribution < 1.29 is 31.9 Å². The summed E-state index contributed by atoms with van der Waals surface area (Å²) in [5, 5.41) is 3.70. The number of sulfonamides is 1. The molecule has 2 aromatic rings. The number of hydrogen-bond acceptors (Lipinski definition) is 9. The number of aryl methyl sites for hydroxylation is 1. The number of rotatable bonds is 9. The van der Waals surface area contributed by atoms with Crippen molar-refractivity contribution in [3.05, 3.63) is 29.9 Å². The standard InChI is InChI=1S/C17H21N3O7S/c1-2-15-19-16(27-20-15)11-26-17(21)4-3-7-18-28(22,23)12-5-6-13-14(10-12)25-9-8-24-13/h5-6,10,18H,2-4,7-9,11H2,1H3. The predicted molar refractivity (Wildman–Crippen MR) is 95.3 cm³/mol. The number of fused-ring (bicyclic) bond motifs is 1. The fraction of sp³-hybridized carbons (Fsp3) is 0.471. The van der Waals surface area contributed by atoms with E-state index in [1.807, 2.05) is 6.92 Å². The molecule has 1 aromatic heterocycles. The molecule has 1 N–H and O–H groups in total. The Morgan fingerprint density at radius 1 is 1.25 bits per heavy atom. The fourth-order valence-corrected chi connectivity index (χ4v) is 3.51. The molecule has 2 heterocycles. The van der Waals surface area contributed by atoms with Crippen molar-refractivity contribution in [2.75, 3.05) is 19.8 Å². The molecule has 11 heteroatoms. The van der Waals surface area contributed by atoms with Gasteiger partial charge < -0.3 is 18.7 Å². The van der Waals surface area contributed by atoms with Gasteiger partial charge in [-0.05, 0) is 18.6 Å².